The highest BCUT2D eigenvalue weighted by Crippen LogP contribution is 2.66. The zero-order valence-corrected chi connectivity index (χ0v) is 20.1. The van der Waals surface area contributed by atoms with Gasteiger partial charge in [0.05, 0.1) is 6.10 Å². The monoisotopic (exact) mass is 398 g/mol. The molecule has 0 aliphatic heterocycles. The molecule has 0 aromatic rings. The highest BCUT2D eigenvalue weighted by atomic mass is 16.5. The van der Waals surface area contributed by atoms with E-state index in [1.807, 2.05) is 12.7 Å². The second-order valence-corrected chi connectivity index (χ2v) is 12.0. The Labute approximate surface area is 180 Å². The quantitative estimate of drug-likeness (QED) is 0.441. The van der Waals surface area contributed by atoms with Crippen LogP contribution in [-0.4, -0.2) is 13.2 Å². The lowest BCUT2D eigenvalue weighted by molar-refractivity contribution is 0.0194. The maximum atomic E-state index is 5.73. The molecule has 29 heavy (non-hydrogen) atoms. The first-order valence-corrected chi connectivity index (χ1v) is 12.7. The van der Waals surface area contributed by atoms with Crippen molar-refractivity contribution in [2.45, 2.75) is 105 Å². The average molecular weight is 399 g/mol. The highest BCUT2D eigenvalue weighted by molar-refractivity contribution is 5.38. The normalized spacial score (nSPS) is 42.6. The molecular formula is C28H46O. The van der Waals surface area contributed by atoms with Crippen molar-refractivity contribution in [3.63, 3.8) is 0 Å². The number of methoxy groups -OCH3 is 1. The minimum Gasteiger partial charge on any atom is -0.381 e. The summed E-state index contributed by atoms with van der Waals surface area (Å²) < 4.78 is 5.73. The SMILES string of the molecule is COC1CCC2(C)C(=CC=C3C2CCC2(C)C3CCC2C(C)CCCC(C)C)C1. The topological polar surface area (TPSA) is 9.23 Å². The molecule has 0 saturated heterocycles. The summed E-state index contributed by atoms with van der Waals surface area (Å²) in [6.07, 6.45) is 19.3. The Kier molecular flexibility index (Phi) is 6.11. The van der Waals surface area contributed by atoms with Gasteiger partial charge in [0.15, 0.2) is 0 Å². The van der Waals surface area contributed by atoms with Gasteiger partial charge in [-0.2, -0.15) is 0 Å². The molecule has 0 heterocycles. The van der Waals surface area contributed by atoms with E-state index in [4.69, 9.17) is 4.74 Å². The lowest BCUT2D eigenvalue weighted by Gasteiger charge is -2.55. The number of rotatable bonds is 6. The van der Waals surface area contributed by atoms with Crippen LogP contribution in [0.4, 0.5) is 0 Å². The highest BCUT2D eigenvalue weighted by Gasteiger charge is 2.56. The van der Waals surface area contributed by atoms with Crippen LogP contribution in [0.15, 0.2) is 23.3 Å². The molecule has 0 amide bonds. The molecule has 0 aromatic carbocycles. The largest absolute Gasteiger partial charge is 0.381 e. The molecule has 0 bridgehead atoms. The Balaban J connectivity index is 1.52. The predicted molar refractivity (Wildman–Crippen MR) is 124 cm³/mol. The fraction of sp³-hybridized carbons (Fsp3) is 0.857. The van der Waals surface area contributed by atoms with Gasteiger partial charge in [0.1, 0.15) is 0 Å². The van der Waals surface area contributed by atoms with E-state index in [2.05, 4.69) is 46.8 Å². The summed E-state index contributed by atoms with van der Waals surface area (Å²) in [6.45, 7) is 12.6. The molecule has 3 fully saturated rings. The van der Waals surface area contributed by atoms with Crippen molar-refractivity contribution in [1.29, 1.82) is 0 Å². The van der Waals surface area contributed by atoms with Gasteiger partial charge >= 0.3 is 0 Å². The number of hydrogen-bond acceptors (Lipinski definition) is 1. The fourth-order valence-electron chi connectivity index (χ4n) is 8.19. The molecule has 4 aliphatic carbocycles. The van der Waals surface area contributed by atoms with Crippen LogP contribution in [0.3, 0.4) is 0 Å². The van der Waals surface area contributed by atoms with E-state index < -0.39 is 0 Å². The molecule has 3 saturated carbocycles. The smallest absolute Gasteiger partial charge is 0.0609 e. The molecule has 0 N–H and O–H groups in total. The third-order valence-electron chi connectivity index (χ3n) is 10.1. The molecule has 7 unspecified atom stereocenters. The molecule has 4 aliphatic rings. The molecular weight excluding hydrogens is 352 g/mol. The van der Waals surface area contributed by atoms with Crippen LogP contribution in [0.2, 0.25) is 0 Å². The van der Waals surface area contributed by atoms with E-state index in [0.717, 1.165) is 36.0 Å². The third-order valence-corrected chi connectivity index (χ3v) is 10.1. The van der Waals surface area contributed by atoms with Gasteiger partial charge < -0.3 is 4.74 Å². The first-order valence-electron chi connectivity index (χ1n) is 12.7. The van der Waals surface area contributed by atoms with Gasteiger partial charge in [-0.05, 0) is 85.4 Å². The summed E-state index contributed by atoms with van der Waals surface area (Å²) in [5, 5.41) is 0. The summed E-state index contributed by atoms with van der Waals surface area (Å²) in [5.41, 5.74) is 4.48. The van der Waals surface area contributed by atoms with Crippen molar-refractivity contribution in [1.82, 2.24) is 0 Å². The molecule has 1 nitrogen and oxygen atoms in total. The minimum absolute atomic E-state index is 0.404. The molecule has 0 aromatic heterocycles. The zero-order valence-electron chi connectivity index (χ0n) is 20.1. The second kappa shape index (κ2) is 8.18. The Hall–Kier alpha value is -0.560. The average Bonchev–Trinajstić information content (AvgIpc) is 3.04. The van der Waals surface area contributed by atoms with Crippen LogP contribution in [0.1, 0.15) is 98.8 Å². The van der Waals surface area contributed by atoms with E-state index in [0.29, 0.717) is 16.9 Å². The van der Waals surface area contributed by atoms with Crippen LogP contribution in [0, 0.1) is 40.4 Å². The predicted octanol–water partition coefficient (Wildman–Crippen LogP) is 7.96. The van der Waals surface area contributed by atoms with E-state index in [-0.39, 0.29) is 0 Å². The second-order valence-electron chi connectivity index (χ2n) is 12.0. The summed E-state index contributed by atoms with van der Waals surface area (Å²) in [4.78, 5) is 0. The van der Waals surface area contributed by atoms with Crippen LogP contribution < -0.4 is 0 Å². The van der Waals surface area contributed by atoms with E-state index in [9.17, 15) is 0 Å². The van der Waals surface area contributed by atoms with Crippen LogP contribution >= 0.6 is 0 Å². The van der Waals surface area contributed by atoms with E-state index in [1.165, 1.54) is 57.8 Å². The molecule has 7 atom stereocenters. The van der Waals surface area contributed by atoms with Gasteiger partial charge in [-0.25, -0.2) is 0 Å². The lowest BCUT2D eigenvalue weighted by atomic mass is 9.50. The Morgan fingerprint density at radius 1 is 0.966 bits per heavy atom. The van der Waals surface area contributed by atoms with Crippen molar-refractivity contribution in [2.75, 3.05) is 7.11 Å². The summed E-state index contributed by atoms with van der Waals surface area (Å²) in [7, 11) is 1.89. The number of hydrogen-bond donors (Lipinski definition) is 0. The van der Waals surface area contributed by atoms with Gasteiger partial charge in [-0.1, -0.05) is 77.2 Å². The maximum absolute atomic E-state index is 5.73. The molecule has 1 heteroatoms. The summed E-state index contributed by atoms with van der Waals surface area (Å²) in [6, 6.07) is 0. The number of fused-ring (bicyclic) bond motifs is 5. The van der Waals surface area contributed by atoms with Gasteiger partial charge in [-0.3, -0.25) is 0 Å². The minimum atomic E-state index is 0.404. The van der Waals surface area contributed by atoms with Crippen LogP contribution in [0.5, 0.6) is 0 Å². The van der Waals surface area contributed by atoms with Crippen molar-refractivity contribution in [3.05, 3.63) is 23.3 Å². The molecule has 0 radical (unpaired) electrons. The lowest BCUT2D eigenvalue weighted by Crippen LogP contribution is -2.46. The van der Waals surface area contributed by atoms with Crippen molar-refractivity contribution in [3.8, 4) is 0 Å². The van der Waals surface area contributed by atoms with Gasteiger partial charge in [-0.15, -0.1) is 0 Å². The Bertz CT molecular complexity index is 657. The molecule has 164 valence electrons. The maximum Gasteiger partial charge on any atom is 0.0609 e. The number of ether oxygens (including phenoxy) is 1. The molecule has 0 spiro atoms. The standard InChI is InChI=1S/C28H46O/c1-19(2)8-7-9-20(3)24-12-13-25-23-11-10-21-18-22(29-6)14-16-27(21,4)26(23)15-17-28(24,25)5/h10-11,19-20,22,24-26H,7-9,12-18H2,1-6H3. The molecule has 4 rings (SSSR count). The first-order chi connectivity index (χ1) is 13.8. The van der Waals surface area contributed by atoms with Crippen LogP contribution in [0.25, 0.3) is 0 Å². The van der Waals surface area contributed by atoms with E-state index in [1.54, 1.807) is 5.57 Å². The zero-order chi connectivity index (χ0) is 20.8. The third kappa shape index (κ3) is 3.68. The van der Waals surface area contributed by atoms with E-state index >= 15 is 0 Å². The van der Waals surface area contributed by atoms with Gasteiger partial charge in [0.2, 0.25) is 0 Å². The summed E-state index contributed by atoms with van der Waals surface area (Å²) in [5.74, 6) is 4.32. The number of allylic oxidation sites excluding steroid dienone is 3. The Morgan fingerprint density at radius 2 is 1.76 bits per heavy atom. The summed E-state index contributed by atoms with van der Waals surface area (Å²) >= 11 is 0. The fourth-order valence-corrected chi connectivity index (χ4v) is 8.19. The first kappa shape index (κ1) is 21.7. The van der Waals surface area contributed by atoms with Gasteiger partial charge in [0, 0.05) is 7.11 Å². The van der Waals surface area contributed by atoms with Gasteiger partial charge in [0.25, 0.3) is 0 Å². The Morgan fingerprint density at radius 3 is 2.48 bits per heavy atom. The van der Waals surface area contributed by atoms with Crippen LogP contribution in [-0.2, 0) is 4.74 Å². The van der Waals surface area contributed by atoms with Crippen molar-refractivity contribution < 1.29 is 4.74 Å². The van der Waals surface area contributed by atoms with Crippen molar-refractivity contribution >= 4 is 0 Å². The van der Waals surface area contributed by atoms with Crippen molar-refractivity contribution in [2.24, 2.45) is 40.4 Å².